The Morgan fingerprint density at radius 1 is 0.514 bits per heavy atom. The Kier molecular flexibility index (Phi) is 26.7. The van der Waals surface area contributed by atoms with E-state index in [9.17, 15) is 9.59 Å². The van der Waals surface area contributed by atoms with Gasteiger partial charge in [0.15, 0.2) is 0 Å². The van der Waals surface area contributed by atoms with Crippen molar-refractivity contribution in [2.45, 2.75) is 162 Å². The molecule has 0 aromatic carbocycles. The highest BCUT2D eigenvalue weighted by Gasteiger charge is 2.11. The van der Waals surface area contributed by atoms with Crippen molar-refractivity contribution in [2.24, 2.45) is 34.8 Å². The van der Waals surface area contributed by atoms with Crippen molar-refractivity contribution in [2.75, 3.05) is 0 Å². The SMILES string of the molecule is CCC(N)C(C)CCCCCC(C)C(N)CC.NC(=O)CCCCCCCCCCCCC(N)=O. The molecule has 0 saturated heterocycles. The summed E-state index contributed by atoms with van der Waals surface area (Å²) in [6.45, 7) is 8.91. The van der Waals surface area contributed by atoms with Gasteiger partial charge in [-0.05, 0) is 50.4 Å². The molecule has 0 aromatic heterocycles. The Morgan fingerprint density at radius 3 is 1.03 bits per heavy atom. The average Bonchev–Trinajstić information content (AvgIpc) is 2.83. The van der Waals surface area contributed by atoms with Crippen LogP contribution in [0.2, 0.25) is 0 Å². The summed E-state index contributed by atoms with van der Waals surface area (Å²) in [5.41, 5.74) is 22.2. The van der Waals surface area contributed by atoms with E-state index in [-0.39, 0.29) is 11.8 Å². The normalized spacial score (nSPS) is 14.5. The molecule has 0 aliphatic rings. The summed E-state index contributed by atoms with van der Waals surface area (Å²) >= 11 is 0. The largest absolute Gasteiger partial charge is 0.370 e. The standard InChI is InChI=1S/C15H34N2.C14H28N2O2/c1-5-14(16)12(3)10-8-7-9-11-13(4)15(17)6-2;15-13(17)11-9-7-5-3-1-2-4-6-8-10-12-14(16)18/h12-15H,5-11,16-17H2,1-4H3;1-12H2,(H2,15,17)(H2,16,18). The molecule has 0 saturated carbocycles. The molecule has 6 nitrogen and oxygen atoms in total. The fourth-order valence-corrected chi connectivity index (χ4v) is 4.35. The zero-order valence-corrected chi connectivity index (χ0v) is 23.9. The Balaban J connectivity index is 0. The van der Waals surface area contributed by atoms with Crippen LogP contribution in [-0.2, 0) is 9.59 Å². The molecule has 0 radical (unpaired) electrons. The number of rotatable bonds is 23. The zero-order chi connectivity index (χ0) is 26.9. The Hall–Kier alpha value is -1.14. The molecule has 0 heterocycles. The molecule has 0 spiro atoms. The Labute approximate surface area is 218 Å². The number of amides is 2. The van der Waals surface area contributed by atoms with Gasteiger partial charge in [0.1, 0.15) is 0 Å². The number of carbonyl (C=O) groups is 2. The van der Waals surface area contributed by atoms with E-state index in [0.29, 0.717) is 36.8 Å². The summed E-state index contributed by atoms with van der Waals surface area (Å²) in [7, 11) is 0. The van der Waals surface area contributed by atoms with Gasteiger partial charge in [-0.3, -0.25) is 9.59 Å². The van der Waals surface area contributed by atoms with Gasteiger partial charge in [0.05, 0.1) is 0 Å². The smallest absolute Gasteiger partial charge is 0.217 e. The van der Waals surface area contributed by atoms with Crippen LogP contribution in [0.3, 0.4) is 0 Å². The highest BCUT2D eigenvalue weighted by atomic mass is 16.1. The summed E-state index contributed by atoms with van der Waals surface area (Å²) in [4.78, 5) is 21.0. The summed E-state index contributed by atoms with van der Waals surface area (Å²) < 4.78 is 0. The van der Waals surface area contributed by atoms with Crippen molar-refractivity contribution in [1.82, 2.24) is 0 Å². The van der Waals surface area contributed by atoms with E-state index < -0.39 is 0 Å². The number of primary amides is 2. The number of hydrogen-bond acceptors (Lipinski definition) is 4. The van der Waals surface area contributed by atoms with E-state index in [1.807, 2.05) is 0 Å². The molecule has 0 rings (SSSR count). The van der Waals surface area contributed by atoms with Crippen LogP contribution in [0, 0.1) is 11.8 Å². The van der Waals surface area contributed by atoms with Gasteiger partial charge >= 0.3 is 0 Å². The van der Waals surface area contributed by atoms with Crippen LogP contribution in [0.15, 0.2) is 0 Å². The van der Waals surface area contributed by atoms with E-state index in [1.165, 1.54) is 70.6 Å². The summed E-state index contributed by atoms with van der Waals surface area (Å²) in [5.74, 6) is 0.975. The van der Waals surface area contributed by atoms with Crippen molar-refractivity contribution in [3.63, 3.8) is 0 Å². The first kappa shape index (κ1) is 36.0. The second-order valence-corrected chi connectivity index (χ2v) is 10.7. The van der Waals surface area contributed by atoms with Crippen molar-refractivity contribution in [3.8, 4) is 0 Å². The molecule has 0 aliphatic heterocycles. The van der Waals surface area contributed by atoms with Gasteiger partial charge in [-0.25, -0.2) is 0 Å². The van der Waals surface area contributed by atoms with Gasteiger partial charge in [-0.2, -0.15) is 0 Å². The minimum Gasteiger partial charge on any atom is -0.370 e. The van der Waals surface area contributed by atoms with Crippen LogP contribution >= 0.6 is 0 Å². The van der Waals surface area contributed by atoms with Gasteiger partial charge in [0.25, 0.3) is 0 Å². The lowest BCUT2D eigenvalue weighted by Crippen LogP contribution is -2.27. The highest BCUT2D eigenvalue weighted by molar-refractivity contribution is 5.73. The second-order valence-electron chi connectivity index (χ2n) is 10.7. The summed E-state index contributed by atoms with van der Waals surface area (Å²) in [6, 6.07) is 0.782. The molecule has 0 bridgehead atoms. The maximum absolute atomic E-state index is 10.5. The van der Waals surface area contributed by atoms with Crippen molar-refractivity contribution in [3.05, 3.63) is 0 Å². The monoisotopic (exact) mass is 498 g/mol. The zero-order valence-electron chi connectivity index (χ0n) is 23.9. The van der Waals surface area contributed by atoms with Crippen LogP contribution in [0.4, 0.5) is 0 Å². The van der Waals surface area contributed by atoms with Crippen molar-refractivity contribution < 1.29 is 9.59 Å². The van der Waals surface area contributed by atoms with Crippen LogP contribution < -0.4 is 22.9 Å². The predicted molar refractivity (Wildman–Crippen MR) is 152 cm³/mol. The van der Waals surface area contributed by atoms with E-state index in [1.54, 1.807) is 0 Å². The van der Waals surface area contributed by atoms with E-state index in [0.717, 1.165) is 38.5 Å². The molecule has 6 heteroatoms. The Morgan fingerprint density at radius 2 is 0.771 bits per heavy atom. The van der Waals surface area contributed by atoms with Gasteiger partial charge in [0, 0.05) is 24.9 Å². The van der Waals surface area contributed by atoms with Crippen LogP contribution in [0.1, 0.15) is 150 Å². The molecule has 0 fully saturated rings. The van der Waals surface area contributed by atoms with E-state index in [4.69, 9.17) is 22.9 Å². The van der Waals surface area contributed by atoms with Crippen LogP contribution in [0.5, 0.6) is 0 Å². The van der Waals surface area contributed by atoms with Crippen molar-refractivity contribution in [1.29, 1.82) is 0 Å². The van der Waals surface area contributed by atoms with E-state index in [2.05, 4.69) is 27.7 Å². The number of hydrogen-bond donors (Lipinski definition) is 4. The van der Waals surface area contributed by atoms with E-state index >= 15 is 0 Å². The van der Waals surface area contributed by atoms with Crippen LogP contribution in [0.25, 0.3) is 0 Å². The lowest BCUT2D eigenvalue weighted by Gasteiger charge is -2.19. The number of unbranched alkanes of at least 4 members (excludes halogenated alkanes) is 11. The third kappa shape index (κ3) is 27.3. The average molecular weight is 499 g/mol. The molecule has 2 amide bonds. The quantitative estimate of drug-likeness (QED) is 0.122. The first-order chi connectivity index (χ1) is 16.6. The molecular weight excluding hydrogens is 436 g/mol. The lowest BCUT2D eigenvalue weighted by atomic mass is 9.91. The molecule has 4 unspecified atom stereocenters. The van der Waals surface area contributed by atoms with Crippen molar-refractivity contribution >= 4 is 11.8 Å². The third-order valence-electron chi connectivity index (χ3n) is 7.32. The number of carbonyl (C=O) groups excluding carboxylic acids is 2. The Bertz CT molecular complexity index is 445. The van der Waals surface area contributed by atoms with Gasteiger partial charge in [-0.1, -0.05) is 98.3 Å². The van der Waals surface area contributed by atoms with Gasteiger partial charge < -0.3 is 22.9 Å². The predicted octanol–water partition coefficient (Wildman–Crippen LogP) is 6.32. The maximum atomic E-state index is 10.5. The lowest BCUT2D eigenvalue weighted by molar-refractivity contribution is -0.119. The molecule has 0 aromatic rings. The molecule has 8 N–H and O–H groups in total. The molecule has 4 atom stereocenters. The summed E-state index contributed by atoms with van der Waals surface area (Å²) in [6.07, 6.45) is 21.3. The minimum absolute atomic E-state index is 0.189. The number of nitrogens with two attached hydrogens (primary N) is 4. The van der Waals surface area contributed by atoms with Gasteiger partial charge in [-0.15, -0.1) is 0 Å². The topological polar surface area (TPSA) is 138 Å². The third-order valence-corrected chi connectivity index (χ3v) is 7.32. The minimum atomic E-state index is -0.189. The first-order valence-electron chi connectivity index (χ1n) is 14.7. The van der Waals surface area contributed by atoms with Crippen LogP contribution in [-0.4, -0.2) is 23.9 Å². The second kappa shape index (κ2) is 25.9. The molecule has 0 aliphatic carbocycles. The van der Waals surface area contributed by atoms with Gasteiger partial charge in [0.2, 0.25) is 11.8 Å². The fraction of sp³-hybridized carbons (Fsp3) is 0.931. The maximum Gasteiger partial charge on any atom is 0.217 e. The fourth-order valence-electron chi connectivity index (χ4n) is 4.35. The molecule has 210 valence electrons. The molecular formula is C29H62N4O2. The first-order valence-corrected chi connectivity index (χ1v) is 14.7. The summed E-state index contributed by atoms with van der Waals surface area (Å²) in [5, 5.41) is 0. The molecule has 35 heavy (non-hydrogen) atoms. The highest BCUT2D eigenvalue weighted by Crippen LogP contribution is 2.18.